The Morgan fingerprint density at radius 2 is 2.07 bits per heavy atom. The van der Waals surface area contributed by atoms with Crippen LogP contribution in [0.5, 0.6) is 0 Å². The summed E-state index contributed by atoms with van der Waals surface area (Å²) in [5.41, 5.74) is 6.36. The van der Waals surface area contributed by atoms with Gasteiger partial charge in [-0.3, -0.25) is 0 Å². The second-order valence-electron chi connectivity index (χ2n) is 3.02. The van der Waals surface area contributed by atoms with Crippen molar-refractivity contribution >= 4 is 11.3 Å². The van der Waals surface area contributed by atoms with Gasteiger partial charge in [-0.1, -0.05) is 6.07 Å². The summed E-state index contributed by atoms with van der Waals surface area (Å²) in [6, 6.07) is 3.13. The molecule has 1 heterocycles. The Morgan fingerprint density at radius 1 is 1.27 bits per heavy atom. The predicted octanol–water partition coefficient (Wildman–Crippen LogP) is 2.47. The molecule has 2 nitrogen and oxygen atoms in total. The molecule has 0 aliphatic carbocycles. The molecular weight excluding hydrogens is 218 g/mol. The lowest BCUT2D eigenvalue weighted by molar-refractivity contribution is 0.506. The van der Waals surface area contributed by atoms with Gasteiger partial charge in [-0.15, -0.1) is 11.3 Å². The highest BCUT2D eigenvalue weighted by Gasteiger charge is 2.13. The molecule has 1 aromatic heterocycles. The molecule has 0 saturated carbocycles. The van der Waals surface area contributed by atoms with E-state index in [1.807, 2.05) is 0 Å². The first kappa shape index (κ1) is 10.2. The lowest BCUT2D eigenvalue weighted by Gasteiger charge is -2.08. The Kier molecular flexibility index (Phi) is 2.75. The van der Waals surface area contributed by atoms with Crippen LogP contribution in [0.25, 0.3) is 0 Å². The molecular formula is C10H8F2N2S. The molecule has 2 rings (SSSR count). The van der Waals surface area contributed by atoms with E-state index in [0.29, 0.717) is 10.6 Å². The molecule has 2 aromatic rings. The molecule has 2 N–H and O–H groups in total. The zero-order valence-electron chi connectivity index (χ0n) is 7.65. The summed E-state index contributed by atoms with van der Waals surface area (Å²) in [4.78, 5) is 4.02. The maximum atomic E-state index is 12.9. The standard InChI is InChI=1S/C10H8F2N2S/c11-7-2-1-6(5-8(7)12)9(13)10-14-3-4-15-10/h1-5,9H,13H2. The van der Waals surface area contributed by atoms with E-state index in [2.05, 4.69) is 4.98 Å². The number of hydrogen-bond acceptors (Lipinski definition) is 3. The summed E-state index contributed by atoms with van der Waals surface area (Å²) in [7, 11) is 0. The topological polar surface area (TPSA) is 38.9 Å². The van der Waals surface area contributed by atoms with Crippen molar-refractivity contribution in [2.45, 2.75) is 6.04 Å². The van der Waals surface area contributed by atoms with Gasteiger partial charge in [-0.25, -0.2) is 13.8 Å². The van der Waals surface area contributed by atoms with Crippen LogP contribution in [0.4, 0.5) is 8.78 Å². The summed E-state index contributed by atoms with van der Waals surface area (Å²) in [6.07, 6.45) is 1.62. The van der Waals surface area contributed by atoms with Crippen molar-refractivity contribution in [3.63, 3.8) is 0 Å². The zero-order chi connectivity index (χ0) is 10.8. The molecule has 0 aliphatic rings. The van der Waals surface area contributed by atoms with Crippen LogP contribution in [0.3, 0.4) is 0 Å². The molecule has 0 spiro atoms. The van der Waals surface area contributed by atoms with Crippen LogP contribution in [0, 0.1) is 11.6 Å². The Labute approximate surface area is 89.4 Å². The van der Waals surface area contributed by atoms with Gasteiger partial charge in [0.25, 0.3) is 0 Å². The second kappa shape index (κ2) is 4.04. The lowest BCUT2D eigenvalue weighted by Crippen LogP contribution is -2.11. The Hall–Kier alpha value is -1.33. The summed E-state index contributed by atoms with van der Waals surface area (Å²) < 4.78 is 25.6. The van der Waals surface area contributed by atoms with Gasteiger partial charge in [0.2, 0.25) is 0 Å². The molecule has 0 amide bonds. The summed E-state index contributed by atoms with van der Waals surface area (Å²) in [5.74, 6) is -1.76. The van der Waals surface area contributed by atoms with Crippen molar-refractivity contribution in [3.05, 3.63) is 52.0 Å². The van der Waals surface area contributed by atoms with Gasteiger partial charge in [0.05, 0.1) is 6.04 Å². The van der Waals surface area contributed by atoms with Crippen molar-refractivity contribution in [1.82, 2.24) is 4.98 Å². The largest absolute Gasteiger partial charge is 0.318 e. The fourth-order valence-corrected chi connectivity index (χ4v) is 1.90. The minimum absolute atomic E-state index is 0.500. The molecule has 0 radical (unpaired) electrons. The average Bonchev–Trinajstić information content (AvgIpc) is 2.74. The highest BCUT2D eigenvalue weighted by molar-refractivity contribution is 7.09. The van der Waals surface area contributed by atoms with Gasteiger partial charge in [0.1, 0.15) is 5.01 Å². The summed E-state index contributed by atoms with van der Waals surface area (Å²) in [6.45, 7) is 0. The highest BCUT2D eigenvalue weighted by Crippen LogP contribution is 2.22. The van der Waals surface area contributed by atoms with Crippen molar-refractivity contribution in [2.24, 2.45) is 5.73 Å². The van der Waals surface area contributed by atoms with Crippen molar-refractivity contribution in [2.75, 3.05) is 0 Å². The normalized spacial score (nSPS) is 12.7. The molecule has 0 bridgehead atoms. The third-order valence-electron chi connectivity index (χ3n) is 2.02. The van der Waals surface area contributed by atoms with E-state index in [0.717, 1.165) is 12.1 Å². The van der Waals surface area contributed by atoms with E-state index in [1.165, 1.54) is 17.4 Å². The van der Waals surface area contributed by atoms with Gasteiger partial charge in [-0.05, 0) is 17.7 Å². The maximum absolute atomic E-state index is 12.9. The predicted molar refractivity (Wildman–Crippen MR) is 54.5 cm³/mol. The van der Waals surface area contributed by atoms with Crippen LogP contribution < -0.4 is 5.73 Å². The van der Waals surface area contributed by atoms with E-state index in [4.69, 9.17) is 5.73 Å². The third kappa shape index (κ3) is 2.03. The van der Waals surface area contributed by atoms with Crippen molar-refractivity contribution < 1.29 is 8.78 Å². The molecule has 15 heavy (non-hydrogen) atoms. The molecule has 5 heteroatoms. The first-order valence-electron chi connectivity index (χ1n) is 4.28. The van der Waals surface area contributed by atoms with Crippen LogP contribution in [-0.2, 0) is 0 Å². The summed E-state index contributed by atoms with van der Waals surface area (Å²) >= 11 is 1.38. The Balaban J connectivity index is 2.34. The molecule has 0 saturated heterocycles. The van der Waals surface area contributed by atoms with Gasteiger partial charge in [0.15, 0.2) is 11.6 Å². The molecule has 1 aromatic carbocycles. The Bertz CT molecular complexity index is 456. The van der Waals surface area contributed by atoms with E-state index in [9.17, 15) is 8.78 Å². The number of rotatable bonds is 2. The van der Waals surface area contributed by atoms with Gasteiger partial charge >= 0.3 is 0 Å². The third-order valence-corrected chi connectivity index (χ3v) is 2.88. The first-order valence-corrected chi connectivity index (χ1v) is 5.16. The van der Waals surface area contributed by atoms with Gasteiger partial charge < -0.3 is 5.73 Å². The number of nitrogens with two attached hydrogens (primary N) is 1. The van der Waals surface area contributed by atoms with E-state index < -0.39 is 17.7 Å². The lowest BCUT2D eigenvalue weighted by atomic mass is 10.1. The van der Waals surface area contributed by atoms with Crippen LogP contribution in [0.1, 0.15) is 16.6 Å². The summed E-state index contributed by atoms with van der Waals surface area (Å²) in [5, 5.41) is 2.47. The van der Waals surface area contributed by atoms with Crippen LogP contribution in [0.2, 0.25) is 0 Å². The van der Waals surface area contributed by atoms with Gasteiger partial charge in [-0.2, -0.15) is 0 Å². The number of thiazole rings is 1. The number of aromatic nitrogens is 1. The SMILES string of the molecule is NC(c1ccc(F)c(F)c1)c1nccs1. The van der Waals surface area contributed by atoms with Crippen LogP contribution in [0.15, 0.2) is 29.8 Å². The number of benzene rings is 1. The van der Waals surface area contributed by atoms with E-state index in [-0.39, 0.29) is 0 Å². The quantitative estimate of drug-likeness (QED) is 0.854. The smallest absolute Gasteiger partial charge is 0.159 e. The minimum Gasteiger partial charge on any atom is -0.318 e. The maximum Gasteiger partial charge on any atom is 0.159 e. The first-order chi connectivity index (χ1) is 7.18. The number of halogens is 2. The van der Waals surface area contributed by atoms with Crippen LogP contribution in [-0.4, -0.2) is 4.98 Å². The molecule has 0 aliphatic heterocycles. The molecule has 1 atom stereocenters. The average molecular weight is 226 g/mol. The fraction of sp³-hybridized carbons (Fsp3) is 0.100. The van der Waals surface area contributed by atoms with E-state index >= 15 is 0 Å². The minimum atomic E-state index is -0.889. The highest BCUT2D eigenvalue weighted by atomic mass is 32.1. The van der Waals surface area contributed by atoms with E-state index in [1.54, 1.807) is 11.6 Å². The Morgan fingerprint density at radius 3 is 2.67 bits per heavy atom. The second-order valence-corrected chi connectivity index (χ2v) is 3.95. The number of nitrogens with zero attached hydrogens (tertiary/aromatic N) is 1. The number of hydrogen-bond donors (Lipinski definition) is 1. The monoisotopic (exact) mass is 226 g/mol. The van der Waals surface area contributed by atoms with Crippen LogP contribution >= 0.6 is 11.3 Å². The fourth-order valence-electron chi connectivity index (χ4n) is 1.24. The molecule has 0 fully saturated rings. The molecule has 78 valence electrons. The van der Waals surface area contributed by atoms with Crippen molar-refractivity contribution in [3.8, 4) is 0 Å². The molecule has 1 unspecified atom stereocenters. The zero-order valence-corrected chi connectivity index (χ0v) is 8.47. The van der Waals surface area contributed by atoms with Gasteiger partial charge in [0, 0.05) is 11.6 Å². The van der Waals surface area contributed by atoms with Crippen molar-refractivity contribution in [1.29, 1.82) is 0 Å².